The maximum Gasteiger partial charge on any atom is 0.433 e. The van der Waals surface area contributed by atoms with Gasteiger partial charge in [-0.25, -0.2) is 0 Å². The van der Waals surface area contributed by atoms with E-state index in [9.17, 15) is 22.8 Å². The number of rotatable bonds is 3. The molecular weight excluding hydrogens is 421 g/mol. The van der Waals surface area contributed by atoms with Crippen LogP contribution < -0.4 is 0 Å². The highest BCUT2D eigenvalue weighted by Crippen LogP contribution is 2.37. The summed E-state index contributed by atoms with van der Waals surface area (Å²) >= 11 is 0. The lowest BCUT2D eigenvalue weighted by molar-refractivity contribution is -0.155. The fraction of sp³-hybridized carbons (Fsp3) is 0.435. The Morgan fingerprint density at radius 2 is 1.66 bits per heavy atom. The van der Waals surface area contributed by atoms with Crippen molar-refractivity contribution in [2.24, 2.45) is 0 Å². The van der Waals surface area contributed by atoms with E-state index in [1.54, 1.807) is 27.7 Å². The van der Waals surface area contributed by atoms with Crippen LogP contribution in [0.3, 0.4) is 0 Å². The van der Waals surface area contributed by atoms with E-state index in [-0.39, 0.29) is 23.6 Å². The van der Waals surface area contributed by atoms with Crippen molar-refractivity contribution in [2.75, 3.05) is 14.1 Å². The highest BCUT2D eigenvalue weighted by Gasteiger charge is 2.49. The molecule has 172 valence electrons. The Balaban J connectivity index is 2.06. The molecule has 6 nitrogen and oxygen atoms in total. The normalized spacial score (nSPS) is 21.6. The zero-order valence-corrected chi connectivity index (χ0v) is 19.0. The van der Waals surface area contributed by atoms with Gasteiger partial charge in [0.15, 0.2) is 0 Å². The number of hydrogen-bond donors (Lipinski definition) is 0. The van der Waals surface area contributed by atoms with Crippen molar-refractivity contribution in [3.8, 4) is 0 Å². The SMILES string of the molecule is CN1C(=O)C(C)(Cc2ccccc2)N(C)C(=O)/C1=C/c1cnn(C(C)(C)C)c1C(F)(F)F. The molecule has 0 radical (unpaired) electrons. The molecule has 0 bridgehead atoms. The van der Waals surface area contributed by atoms with Crippen LogP contribution in [0.15, 0.2) is 42.2 Å². The van der Waals surface area contributed by atoms with Crippen LogP contribution in [0.4, 0.5) is 13.2 Å². The van der Waals surface area contributed by atoms with Crippen LogP contribution >= 0.6 is 0 Å². The summed E-state index contributed by atoms with van der Waals surface area (Å²) in [5.41, 5.74) is -2.60. The first-order valence-electron chi connectivity index (χ1n) is 10.2. The second-order valence-corrected chi connectivity index (χ2v) is 9.22. The molecule has 1 aliphatic heterocycles. The summed E-state index contributed by atoms with van der Waals surface area (Å²) in [6, 6.07) is 9.26. The molecule has 2 aromatic rings. The number of aromatic nitrogens is 2. The summed E-state index contributed by atoms with van der Waals surface area (Å²) in [6.45, 7) is 6.48. The fourth-order valence-electron chi connectivity index (χ4n) is 3.91. The molecule has 2 heterocycles. The van der Waals surface area contributed by atoms with E-state index in [4.69, 9.17) is 0 Å². The molecule has 1 aromatic heterocycles. The minimum Gasteiger partial charge on any atom is -0.326 e. The molecule has 2 amide bonds. The van der Waals surface area contributed by atoms with Gasteiger partial charge in [0.2, 0.25) is 0 Å². The summed E-state index contributed by atoms with van der Waals surface area (Å²) in [5.74, 6) is -0.923. The zero-order chi connectivity index (χ0) is 24.1. The Morgan fingerprint density at radius 3 is 2.19 bits per heavy atom. The average Bonchev–Trinajstić information content (AvgIpc) is 3.14. The molecule has 1 atom stereocenters. The largest absolute Gasteiger partial charge is 0.433 e. The molecule has 1 aromatic carbocycles. The third-order valence-electron chi connectivity index (χ3n) is 5.78. The second kappa shape index (κ2) is 7.79. The second-order valence-electron chi connectivity index (χ2n) is 9.22. The fourth-order valence-corrected chi connectivity index (χ4v) is 3.91. The number of hydrogen-bond acceptors (Lipinski definition) is 3. The number of carbonyl (C=O) groups excluding carboxylic acids is 2. The van der Waals surface area contributed by atoms with Crippen molar-refractivity contribution >= 4 is 17.9 Å². The van der Waals surface area contributed by atoms with E-state index in [0.29, 0.717) is 0 Å². The van der Waals surface area contributed by atoms with E-state index in [0.717, 1.165) is 27.4 Å². The highest BCUT2D eigenvalue weighted by molar-refractivity contribution is 6.08. The van der Waals surface area contributed by atoms with Gasteiger partial charge in [0.05, 0.1) is 11.7 Å². The molecule has 3 rings (SSSR count). The number of piperazine rings is 1. The van der Waals surface area contributed by atoms with Crippen LogP contribution in [0, 0.1) is 0 Å². The first kappa shape index (κ1) is 23.6. The molecular formula is C23H27F3N4O2. The molecule has 1 unspecified atom stereocenters. The van der Waals surface area contributed by atoms with Gasteiger partial charge in [-0.05, 0) is 39.3 Å². The van der Waals surface area contributed by atoms with Crippen LogP contribution in [-0.2, 0) is 27.7 Å². The van der Waals surface area contributed by atoms with Crippen molar-refractivity contribution in [2.45, 2.75) is 51.4 Å². The number of benzene rings is 1. The van der Waals surface area contributed by atoms with Gasteiger partial charge in [-0.15, -0.1) is 0 Å². The van der Waals surface area contributed by atoms with Crippen LogP contribution in [0.5, 0.6) is 0 Å². The summed E-state index contributed by atoms with van der Waals surface area (Å²) in [7, 11) is 2.90. The van der Waals surface area contributed by atoms with Gasteiger partial charge in [0.25, 0.3) is 11.8 Å². The smallest absolute Gasteiger partial charge is 0.326 e. The Labute approximate surface area is 185 Å². The molecule has 32 heavy (non-hydrogen) atoms. The minimum atomic E-state index is -4.69. The maximum atomic E-state index is 13.9. The first-order chi connectivity index (χ1) is 14.7. The Hall–Kier alpha value is -3.10. The lowest BCUT2D eigenvalue weighted by atomic mass is 9.87. The lowest BCUT2D eigenvalue weighted by Gasteiger charge is -2.45. The summed E-state index contributed by atoms with van der Waals surface area (Å²) in [5, 5.41) is 3.92. The van der Waals surface area contributed by atoms with Gasteiger partial charge in [-0.2, -0.15) is 18.3 Å². The topological polar surface area (TPSA) is 58.4 Å². The van der Waals surface area contributed by atoms with E-state index in [1.807, 2.05) is 30.3 Å². The number of alkyl halides is 3. The van der Waals surface area contributed by atoms with E-state index < -0.39 is 28.9 Å². The molecule has 0 saturated carbocycles. The van der Waals surface area contributed by atoms with Crippen molar-refractivity contribution in [3.05, 3.63) is 59.0 Å². The van der Waals surface area contributed by atoms with E-state index in [1.165, 1.54) is 19.0 Å². The van der Waals surface area contributed by atoms with Gasteiger partial charge in [0, 0.05) is 26.1 Å². The maximum absolute atomic E-state index is 13.9. The Bertz CT molecular complexity index is 1070. The molecule has 1 saturated heterocycles. The van der Waals surface area contributed by atoms with Crippen LogP contribution in [0.25, 0.3) is 6.08 Å². The Morgan fingerprint density at radius 1 is 1.06 bits per heavy atom. The van der Waals surface area contributed by atoms with Crippen LogP contribution in [0.1, 0.15) is 44.5 Å². The van der Waals surface area contributed by atoms with Crippen LogP contribution in [-0.4, -0.2) is 51.0 Å². The summed E-state index contributed by atoms with van der Waals surface area (Å²) in [4.78, 5) is 29.0. The van der Waals surface area contributed by atoms with Crippen LogP contribution in [0.2, 0.25) is 0 Å². The molecule has 9 heteroatoms. The Kier molecular flexibility index (Phi) is 5.74. The van der Waals surface area contributed by atoms with Crippen molar-refractivity contribution in [1.82, 2.24) is 19.6 Å². The lowest BCUT2D eigenvalue weighted by Crippen LogP contribution is -2.64. The highest BCUT2D eigenvalue weighted by atomic mass is 19.4. The monoisotopic (exact) mass is 448 g/mol. The molecule has 0 aliphatic carbocycles. The van der Waals surface area contributed by atoms with E-state index in [2.05, 4.69) is 5.10 Å². The number of halogens is 3. The average molecular weight is 448 g/mol. The summed E-state index contributed by atoms with van der Waals surface area (Å²) in [6.07, 6.45) is -2.24. The van der Waals surface area contributed by atoms with Gasteiger partial charge >= 0.3 is 6.18 Å². The number of likely N-dealkylation sites (N-methyl/N-ethyl adjacent to an activating group) is 2. The first-order valence-corrected chi connectivity index (χ1v) is 10.2. The van der Waals surface area contributed by atoms with Gasteiger partial charge < -0.3 is 9.80 Å². The van der Waals surface area contributed by atoms with Gasteiger partial charge in [-0.1, -0.05) is 30.3 Å². The number of amides is 2. The molecule has 0 spiro atoms. The molecule has 0 N–H and O–H groups in total. The van der Waals surface area contributed by atoms with Crippen molar-refractivity contribution in [1.29, 1.82) is 0 Å². The third-order valence-corrected chi connectivity index (χ3v) is 5.78. The predicted octanol–water partition coefficient (Wildman–Crippen LogP) is 3.93. The predicted molar refractivity (Wildman–Crippen MR) is 114 cm³/mol. The standard InChI is InChI=1S/C23H27F3N4O2/c1-21(2,3)30-18(23(24,25)26)16(14-27-30)12-17-19(31)29(6)22(4,20(32)28(17)5)13-15-10-8-7-9-11-15/h7-12,14H,13H2,1-6H3/b17-12-. The van der Waals surface area contributed by atoms with Crippen molar-refractivity contribution < 1.29 is 22.8 Å². The zero-order valence-electron chi connectivity index (χ0n) is 19.0. The van der Waals surface area contributed by atoms with E-state index >= 15 is 0 Å². The number of nitrogens with zero attached hydrogens (tertiary/aromatic N) is 4. The molecule has 1 fully saturated rings. The van der Waals surface area contributed by atoms with Gasteiger partial charge in [-0.3, -0.25) is 14.3 Å². The van der Waals surface area contributed by atoms with Gasteiger partial charge in [0.1, 0.15) is 16.9 Å². The quantitative estimate of drug-likeness (QED) is 0.669. The third kappa shape index (κ3) is 4.03. The number of carbonyl (C=O) groups is 2. The van der Waals surface area contributed by atoms with Crippen molar-refractivity contribution in [3.63, 3.8) is 0 Å². The summed E-state index contributed by atoms with van der Waals surface area (Å²) < 4.78 is 42.5. The minimum absolute atomic E-state index is 0.137. The molecule has 1 aliphatic rings.